The summed E-state index contributed by atoms with van der Waals surface area (Å²) >= 11 is 3.26. The van der Waals surface area contributed by atoms with E-state index in [2.05, 4.69) is 20.9 Å². The van der Waals surface area contributed by atoms with Gasteiger partial charge < -0.3 is 14.1 Å². The van der Waals surface area contributed by atoms with Crippen LogP contribution in [0.4, 0.5) is 4.79 Å². The van der Waals surface area contributed by atoms with Gasteiger partial charge in [0.2, 0.25) is 0 Å². The number of fused-ring (bicyclic) bond motifs is 1. The van der Waals surface area contributed by atoms with Crippen molar-refractivity contribution >= 4 is 22.0 Å². The molecule has 2 aromatic heterocycles. The summed E-state index contributed by atoms with van der Waals surface area (Å²) in [5.74, 6) is 1.47. The molecule has 0 aromatic carbocycles. The molecule has 0 aliphatic carbocycles. The molecule has 1 aliphatic rings. The van der Waals surface area contributed by atoms with Crippen molar-refractivity contribution in [1.29, 1.82) is 0 Å². The van der Waals surface area contributed by atoms with Crippen molar-refractivity contribution in [2.75, 3.05) is 6.54 Å². The van der Waals surface area contributed by atoms with Gasteiger partial charge in [0.15, 0.2) is 10.4 Å². The summed E-state index contributed by atoms with van der Waals surface area (Å²) < 4.78 is 8.15. The van der Waals surface area contributed by atoms with E-state index in [-0.39, 0.29) is 0 Å². The number of nitrogens with zero attached hydrogens (tertiary/aromatic N) is 3. The van der Waals surface area contributed by atoms with Crippen LogP contribution in [0.2, 0.25) is 0 Å². The van der Waals surface area contributed by atoms with Gasteiger partial charge in [-0.05, 0) is 28.1 Å². The van der Waals surface area contributed by atoms with Crippen molar-refractivity contribution < 1.29 is 14.3 Å². The van der Waals surface area contributed by atoms with Gasteiger partial charge in [0.1, 0.15) is 11.5 Å². The monoisotopic (exact) mass is 311 g/mol. The van der Waals surface area contributed by atoms with Crippen LogP contribution in [0.5, 0.6) is 0 Å². The molecule has 1 aliphatic heterocycles. The molecular formula is C11H10BrN3O3. The van der Waals surface area contributed by atoms with Gasteiger partial charge in [-0.25, -0.2) is 9.78 Å². The van der Waals surface area contributed by atoms with Gasteiger partial charge in [-0.2, -0.15) is 0 Å². The lowest BCUT2D eigenvalue weighted by molar-refractivity contribution is 0.132. The Balaban J connectivity index is 1.95. The summed E-state index contributed by atoms with van der Waals surface area (Å²) in [6, 6.07) is 3.68. The normalized spacial score (nSPS) is 14.6. The van der Waals surface area contributed by atoms with Crippen LogP contribution in [0.3, 0.4) is 0 Å². The predicted molar refractivity (Wildman–Crippen MR) is 66.1 cm³/mol. The highest BCUT2D eigenvalue weighted by Gasteiger charge is 2.24. The number of furan rings is 1. The molecule has 0 spiro atoms. The topological polar surface area (TPSA) is 71.5 Å². The lowest BCUT2D eigenvalue weighted by Crippen LogP contribution is -2.37. The molecule has 3 heterocycles. The van der Waals surface area contributed by atoms with E-state index in [1.165, 1.54) is 4.90 Å². The number of halogens is 1. The lowest BCUT2D eigenvalue weighted by atomic mass is 10.3. The first-order chi connectivity index (χ1) is 8.65. The van der Waals surface area contributed by atoms with Crippen LogP contribution >= 0.6 is 15.9 Å². The summed E-state index contributed by atoms with van der Waals surface area (Å²) in [7, 11) is 0. The van der Waals surface area contributed by atoms with Crippen LogP contribution in [0.25, 0.3) is 11.5 Å². The summed E-state index contributed by atoms with van der Waals surface area (Å²) in [5, 5.41) is 8.96. The third-order valence-electron chi connectivity index (χ3n) is 2.96. The molecule has 7 heteroatoms. The van der Waals surface area contributed by atoms with Crippen LogP contribution in [0, 0.1) is 0 Å². The van der Waals surface area contributed by atoms with Gasteiger partial charge in [-0.15, -0.1) is 0 Å². The van der Waals surface area contributed by atoms with Crippen LogP contribution in [-0.2, 0) is 13.1 Å². The van der Waals surface area contributed by atoms with Crippen LogP contribution in [0.15, 0.2) is 27.4 Å². The molecule has 6 nitrogen and oxygen atoms in total. The van der Waals surface area contributed by atoms with E-state index in [1.54, 1.807) is 6.20 Å². The molecule has 0 fully saturated rings. The maximum absolute atomic E-state index is 10.9. The van der Waals surface area contributed by atoms with Gasteiger partial charge in [0.25, 0.3) is 0 Å². The Bertz CT molecular complexity index is 604. The van der Waals surface area contributed by atoms with Crippen molar-refractivity contribution in [3.63, 3.8) is 0 Å². The standard InChI is InChI=1S/C11H10BrN3O3/c12-9-2-1-8(18-9)7-5-13-10-6-14(11(16)17)3-4-15(7)10/h1-2,5H,3-4,6H2,(H,16,17). The Morgan fingerprint density at radius 1 is 1.44 bits per heavy atom. The summed E-state index contributed by atoms with van der Waals surface area (Å²) in [6.07, 6.45) is 0.804. The Morgan fingerprint density at radius 3 is 2.94 bits per heavy atom. The molecule has 0 radical (unpaired) electrons. The van der Waals surface area contributed by atoms with E-state index in [9.17, 15) is 4.79 Å². The quantitative estimate of drug-likeness (QED) is 0.877. The summed E-state index contributed by atoms with van der Waals surface area (Å²) in [5.41, 5.74) is 0.876. The lowest BCUT2D eigenvalue weighted by Gasteiger charge is -2.25. The molecule has 1 N–H and O–H groups in total. The van der Waals surface area contributed by atoms with Gasteiger partial charge in [0.05, 0.1) is 12.7 Å². The molecule has 0 saturated carbocycles. The Kier molecular flexibility index (Phi) is 2.62. The average molecular weight is 312 g/mol. The fourth-order valence-corrected chi connectivity index (χ4v) is 2.38. The number of hydrogen-bond donors (Lipinski definition) is 1. The van der Waals surface area contributed by atoms with E-state index in [0.29, 0.717) is 24.3 Å². The number of carboxylic acid groups (broad SMARTS) is 1. The number of hydrogen-bond acceptors (Lipinski definition) is 3. The first-order valence-electron chi connectivity index (χ1n) is 5.43. The fraction of sp³-hybridized carbons (Fsp3) is 0.273. The first-order valence-corrected chi connectivity index (χ1v) is 6.22. The van der Waals surface area contributed by atoms with E-state index >= 15 is 0 Å². The molecule has 0 bridgehead atoms. The second-order valence-electron chi connectivity index (χ2n) is 4.02. The Morgan fingerprint density at radius 2 is 2.28 bits per heavy atom. The minimum Gasteiger partial charge on any atom is -0.465 e. The molecule has 18 heavy (non-hydrogen) atoms. The molecule has 1 amide bonds. The van der Waals surface area contributed by atoms with Gasteiger partial charge >= 0.3 is 6.09 Å². The van der Waals surface area contributed by atoms with Gasteiger partial charge in [-0.1, -0.05) is 0 Å². The third-order valence-corrected chi connectivity index (χ3v) is 3.39. The SMILES string of the molecule is O=C(O)N1CCn2c(-c3ccc(Br)o3)cnc2C1. The zero-order valence-corrected chi connectivity index (χ0v) is 10.9. The number of aromatic nitrogens is 2. The maximum Gasteiger partial charge on any atom is 0.407 e. The van der Waals surface area contributed by atoms with Crippen LogP contribution in [-0.4, -0.2) is 32.2 Å². The molecular weight excluding hydrogens is 302 g/mol. The van der Waals surface area contributed by atoms with E-state index in [1.807, 2.05) is 16.7 Å². The molecule has 94 valence electrons. The predicted octanol–water partition coefficient (Wildman–Crippen LogP) is 2.40. The minimum absolute atomic E-state index is 0.317. The highest BCUT2D eigenvalue weighted by atomic mass is 79.9. The van der Waals surface area contributed by atoms with Crippen molar-refractivity contribution in [3.05, 3.63) is 28.8 Å². The molecule has 2 aromatic rings. The second-order valence-corrected chi connectivity index (χ2v) is 4.80. The Hall–Kier alpha value is -1.76. The van der Waals surface area contributed by atoms with E-state index < -0.39 is 6.09 Å². The zero-order chi connectivity index (χ0) is 12.7. The number of amides is 1. The van der Waals surface area contributed by atoms with Crippen molar-refractivity contribution in [2.24, 2.45) is 0 Å². The number of rotatable bonds is 1. The van der Waals surface area contributed by atoms with Crippen molar-refractivity contribution in [1.82, 2.24) is 14.5 Å². The largest absolute Gasteiger partial charge is 0.465 e. The Labute approximate surface area is 111 Å². The molecule has 0 atom stereocenters. The van der Waals surface area contributed by atoms with Crippen LogP contribution < -0.4 is 0 Å². The molecule has 0 saturated heterocycles. The summed E-state index contributed by atoms with van der Waals surface area (Å²) in [6.45, 7) is 1.38. The van der Waals surface area contributed by atoms with Crippen molar-refractivity contribution in [2.45, 2.75) is 13.1 Å². The molecule has 0 unspecified atom stereocenters. The van der Waals surface area contributed by atoms with Crippen LogP contribution in [0.1, 0.15) is 5.82 Å². The zero-order valence-electron chi connectivity index (χ0n) is 9.34. The van der Waals surface area contributed by atoms with Crippen molar-refractivity contribution in [3.8, 4) is 11.5 Å². The first kappa shape index (κ1) is 11.3. The highest BCUT2D eigenvalue weighted by Crippen LogP contribution is 2.27. The maximum atomic E-state index is 10.9. The smallest absolute Gasteiger partial charge is 0.407 e. The minimum atomic E-state index is -0.911. The summed E-state index contributed by atoms with van der Waals surface area (Å²) in [4.78, 5) is 16.5. The van der Waals surface area contributed by atoms with E-state index in [4.69, 9.17) is 9.52 Å². The number of carbonyl (C=O) groups is 1. The molecule has 3 rings (SSSR count). The fourth-order valence-electron chi connectivity index (χ4n) is 2.07. The van der Waals surface area contributed by atoms with E-state index in [0.717, 1.165) is 17.3 Å². The van der Waals surface area contributed by atoms with Gasteiger partial charge in [0, 0.05) is 13.1 Å². The van der Waals surface area contributed by atoms with Gasteiger partial charge in [-0.3, -0.25) is 4.90 Å². The number of imidazole rings is 1. The average Bonchev–Trinajstić information content (AvgIpc) is 2.93. The third kappa shape index (κ3) is 1.80. The second kappa shape index (κ2) is 4.16. The highest BCUT2D eigenvalue weighted by molar-refractivity contribution is 9.10.